The van der Waals surface area contributed by atoms with Gasteiger partial charge in [0.1, 0.15) is 0 Å². The lowest BCUT2D eigenvalue weighted by Gasteiger charge is -2.29. The Labute approximate surface area is 173 Å². The topological polar surface area (TPSA) is 52.6 Å². The Morgan fingerprint density at radius 1 is 1.00 bits per heavy atom. The number of methoxy groups -OCH3 is 2. The van der Waals surface area contributed by atoms with Crippen LogP contribution >= 0.6 is 43.6 Å². The Morgan fingerprint density at radius 2 is 1.54 bits per heavy atom. The van der Waals surface area contributed by atoms with Gasteiger partial charge in [-0.05, 0) is 29.8 Å². The van der Waals surface area contributed by atoms with E-state index in [4.69, 9.17) is 9.47 Å². The van der Waals surface area contributed by atoms with Crippen molar-refractivity contribution in [1.82, 2.24) is 0 Å². The van der Waals surface area contributed by atoms with Gasteiger partial charge in [-0.3, -0.25) is 0 Å². The average molecular weight is 502 g/mol. The molecule has 0 aromatic heterocycles. The van der Waals surface area contributed by atoms with E-state index < -0.39 is 16.7 Å². The number of ether oxygens (including phenoxy) is 2. The number of esters is 2. The largest absolute Gasteiger partial charge is 0.468 e. The van der Waals surface area contributed by atoms with Gasteiger partial charge in [0.05, 0.1) is 14.2 Å². The van der Waals surface area contributed by atoms with E-state index in [0.29, 0.717) is 0 Å². The maximum Gasteiger partial charge on any atom is 0.333 e. The molecule has 2 rings (SSSR count). The smallest absolute Gasteiger partial charge is 0.333 e. The van der Waals surface area contributed by atoms with Gasteiger partial charge < -0.3 is 9.47 Å². The first-order valence-electron chi connectivity index (χ1n) is 7.73. The lowest BCUT2D eigenvalue weighted by atomic mass is 9.98. The molecule has 0 fully saturated rings. The third-order valence-corrected chi connectivity index (χ3v) is 6.50. The van der Waals surface area contributed by atoms with Crippen molar-refractivity contribution in [1.29, 1.82) is 0 Å². The monoisotopic (exact) mass is 500 g/mol. The molecule has 0 aliphatic carbocycles. The fraction of sp³-hybridized carbons (Fsp3) is 0.263. The molecule has 1 atom stereocenters. The minimum Gasteiger partial charge on any atom is -0.468 e. The summed E-state index contributed by atoms with van der Waals surface area (Å²) in [5, 5.41) is 0. The number of benzene rings is 2. The van der Waals surface area contributed by atoms with Crippen LogP contribution in [-0.2, 0) is 19.1 Å². The van der Waals surface area contributed by atoms with Crippen molar-refractivity contribution in [3.63, 3.8) is 0 Å². The SMILES string of the molecule is COC(=O)C(CC(Br)c1ccccc1)(Sc1ccc(Br)cc1)C(=O)OC. The molecule has 0 amide bonds. The third kappa shape index (κ3) is 4.90. The minimum atomic E-state index is -1.53. The molecular weight excluding hydrogens is 484 g/mol. The molecule has 4 nitrogen and oxygen atoms in total. The second-order valence-electron chi connectivity index (χ2n) is 5.45. The number of halogens is 2. The summed E-state index contributed by atoms with van der Waals surface area (Å²) in [6.45, 7) is 0. The summed E-state index contributed by atoms with van der Waals surface area (Å²) < 4.78 is 9.34. The van der Waals surface area contributed by atoms with Crippen LogP contribution in [0.15, 0.2) is 64.0 Å². The van der Waals surface area contributed by atoms with Crippen LogP contribution in [0.2, 0.25) is 0 Å². The van der Waals surface area contributed by atoms with Gasteiger partial charge in [0, 0.05) is 20.6 Å². The highest BCUT2D eigenvalue weighted by Gasteiger charge is 2.51. The predicted octanol–water partition coefficient (Wildman–Crippen LogP) is 5.15. The first-order chi connectivity index (χ1) is 12.4. The fourth-order valence-electron chi connectivity index (χ4n) is 2.44. The second-order valence-corrected chi connectivity index (χ2v) is 8.84. The summed E-state index contributed by atoms with van der Waals surface area (Å²) >= 11 is 8.12. The number of rotatable bonds is 7. The maximum absolute atomic E-state index is 12.7. The Bertz CT molecular complexity index is 734. The van der Waals surface area contributed by atoms with Crippen molar-refractivity contribution in [3.05, 3.63) is 64.6 Å². The van der Waals surface area contributed by atoms with Crippen LogP contribution in [0.5, 0.6) is 0 Å². The van der Waals surface area contributed by atoms with Crippen molar-refractivity contribution in [2.75, 3.05) is 14.2 Å². The van der Waals surface area contributed by atoms with Crippen molar-refractivity contribution < 1.29 is 19.1 Å². The van der Waals surface area contributed by atoms with Crippen LogP contribution < -0.4 is 0 Å². The van der Waals surface area contributed by atoms with Gasteiger partial charge in [0.15, 0.2) is 0 Å². The number of hydrogen-bond acceptors (Lipinski definition) is 5. The van der Waals surface area contributed by atoms with Crippen LogP contribution in [0.1, 0.15) is 16.8 Å². The van der Waals surface area contributed by atoms with Gasteiger partial charge in [-0.15, -0.1) is 0 Å². The maximum atomic E-state index is 12.7. The molecule has 0 heterocycles. The minimum absolute atomic E-state index is 0.178. The van der Waals surface area contributed by atoms with E-state index in [0.717, 1.165) is 26.7 Å². The van der Waals surface area contributed by atoms with Gasteiger partial charge in [-0.1, -0.05) is 74.0 Å². The molecule has 0 saturated carbocycles. The fourth-order valence-corrected chi connectivity index (χ4v) is 4.97. The summed E-state index contributed by atoms with van der Waals surface area (Å²) in [5.41, 5.74) is 0.959. The lowest BCUT2D eigenvalue weighted by molar-refractivity contribution is -0.156. The molecule has 0 saturated heterocycles. The molecule has 0 aliphatic heterocycles. The van der Waals surface area contributed by atoms with Crippen LogP contribution in [0.3, 0.4) is 0 Å². The first-order valence-corrected chi connectivity index (χ1v) is 10.3. The number of alkyl halides is 1. The summed E-state index contributed by atoms with van der Waals surface area (Å²) in [6, 6.07) is 17.0. The molecule has 2 aromatic carbocycles. The van der Waals surface area contributed by atoms with E-state index in [2.05, 4.69) is 31.9 Å². The molecule has 7 heteroatoms. The molecule has 26 heavy (non-hydrogen) atoms. The van der Waals surface area contributed by atoms with E-state index in [1.807, 2.05) is 54.6 Å². The van der Waals surface area contributed by atoms with Crippen molar-refractivity contribution in [2.45, 2.75) is 20.9 Å². The second kappa shape index (κ2) is 9.58. The van der Waals surface area contributed by atoms with E-state index in [1.54, 1.807) is 0 Å². The van der Waals surface area contributed by atoms with Crippen LogP contribution in [-0.4, -0.2) is 30.9 Å². The zero-order valence-electron chi connectivity index (χ0n) is 14.3. The Balaban J connectivity index is 2.43. The summed E-state index contributed by atoms with van der Waals surface area (Å²) in [7, 11) is 2.54. The van der Waals surface area contributed by atoms with Gasteiger partial charge in [-0.2, -0.15) is 0 Å². The number of thioether (sulfide) groups is 1. The van der Waals surface area contributed by atoms with Gasteiger partial charge in [0.2, 0.25) is 4.75 Å². The van der Waals surface area contributed by atoms with Crippen molar-refractivity contribution in [2.24, 2.45) is 0 Å². The Morgan fingerprint density at radius 3 is 2.04 bits per heavy atom. The highest BCUT2D eigenvalue weighted by molar-refractivity contribution is 9.10. The van der Waals surface area contributed by atoms with E-state index >= 15 is 0 Å². The molecule has 138 valence electrons. The van der Waals surface area contributed by atoms with Crippen LogP contribution in [0.25, 0.3) is 0 Å². The standard InChI is InChI=1S/C19H18Br2O4S/c1-24-17(22)19(18(23)25-2,26-15-10-8-14(20)9-11-15)12-16(21)13-6-4-3-5-7-13/h3-11,16H,12H2,1-2H3. The molecule has 0 N–H and O–H groups in total. The third-order valence-electron chi connectivity index (χ3n) is 3.76. The molecule has 2 aromatic rings. The highest BCUT2D eigenvalue weighted by Crippen LogP contribution is 2.44. The number of hydrogen-bond donors (Lipinski definition) is 0. The first kappa shape index (κ1) is 21.0. The van der Waals surface area contributed by atoms with E-state index in [-0.39, 0.29) is 11.2 Å². The zero-order valence-corrected chi connectivity index (χ0v) is 18.3. The van der Waals surface area contributed by atoms with Gasteiger partial charge in [-0.25, -0.2) is 9.59 Å². The quantitative estimate of drug-likeness (QED) is 0.227. The molecule has 0 bridgehead atoms. The van der Waals surface area contributed by atoms with E-state index in [1.165, 1.54) is 14.2 Å². The highest BCUT2D eigenvalue weighted by atomic mass is 79.9. The van der Waals surface area contributed by atoms with Crippen LogP contribution in [0, 0.1) is 0 Å². The zero-order chi connectivity index (χ0) is 19.2. The molecule has 1 unspecified atom stereocenters. The Hall–Kier alpha value is -1.31. The van der Waals surface area contributed by atoms with Crippen molar-refractivity contribution >= 4 is 55.6 Å². The van der Waals surface area contributed by atoms with Gasteiger partial charge >= 0.3 is 11.9 Å². The van der Waals surface area contributed by atoms with Crippen molar-refractivity contribution in [3.8, 4) is 0 Å². The van der Waals surface area contributed by atoms with Gasteiger partial charge in [0.25, 0.3) is 0 Å². The van der Waals surface area contributed by atoms with Crippen LogP contribution in [0.4, 0.5) is 0 Å². The Kier molecular flexibility index (Phi) is 7.73. The molecule has 0 aliphatic rings. The molecule has 0 spiro atoms. The summed E-state index contributed by atoms with van der Waals surface area (Å²) in [4.78, 5) is 25.9. The molecule has 0 radical (unpaired) electrons. The normalized spacial score (nSPS) is 12.3. The lowest BCUT2D eigenvalue weighted by Crippen LogP contribution is -2.46. The predicted molar refractivity (Wildman–Crippen MR) is 109 cm³/mol. The summed E-state index contributed by atoms with van der Waals surface area (Å²) in [6.07, 6.45) is 0.178. The summed E-state index contributed by atoms with van der Waals surface area (Å²) in [5.74, 6) is -1.28. The number of carbonyl (C=O) groups excluding carboxylic acids is 2. The molecular formula is C19H18Br2O4S. The average Bonchev–Trinajstić information content (AvgIpc) is 2.68. The van der Waals surface area contributed by atoms with E-state index in [9.17, 15) is 9.59 Å². The number of carbonyl (C=O) groups is 2.